The monoisotopic (exact) mass is 588 g/mol. The van der Waals surface area contributed by atoms with Crippen LogP contribution in [-0.2, 0) is 9.59 Å². The van der Waals surface area contributed by atoms with E-state index in [9.17, 15) is 9.59 Å². The van der Waals surface area contributed by atoms with Crippen LogP contribution in [0.4, 0.5) is 0 Å². The average Bonchev–Trinajstić information content (AvgIpc) is 3.56. The van der Waals surface area contributed by atoms with E-state index in [2.05, 4.69) is 45.1 Å². The number of ether oxygens (including phenoxy) is 1. The minimum atomic E-state index is -0.562. The minimum Gasteiger partial charge on any atom is -0.475 e. The van der Waals surface area contributed by atoms with Crippen LogP contribution in [0.15, 0.2) is 40.4 Å². The van der Waals surface area contributed by atoms with Gasteiger partial charge in [-0.2, -0.15) is 5.26 Å². The number of aromatic nitrogens is 1. The van der Waals surface area contributed by atoms with Gasteiger partial charge >= 0.3 is 0 Å². The molecule has 1 aromatic carbocycles. The molecule has 1 unspecified atom stereocenters. The maximum atomic E-state index is 13.6. The zero-order valence-electron chi connectivity index (χ0n) is 21.5. The number of likely N-dealkylation sites (tertiary alicyclic amines) is 1. The number of nitrogens with zero attached hydrogens (tertiary/aromatic N) is 3. The van der Waals surface area contributed by atoms with Crippen molar-refractivity contribution in [3.63, 3.8) is 0 Å². The number of benzene rings is 1. The first-order chi connectivity index (χ1) is 17.7. The molecule has 3 atom stereocenters. The zero-order chi connectivity index (χ0) is 27.1. The lowest BCUT2D eigenvalue weighted by Crippen LogP contribution is -2.48. The minimum absolute atomic E-state index is 0.0540. The van der Waals surface area contributed by atoms with Crippen LogP contribution >= 0.6 is 28.6 Å². The molecule has 0 saturated carbocycles. The second-order valence-electron chi connectivity index (χ2n) is 9.45. The highest BCUT2D eigenvalue weighted by Gasteiger charge is 2.40. The number of amides is 2. The van der Waals surface area contributed by atoms with Gasteiger partial charge in [0.25, 0.3) is 5.88 Å². The van der Waals surface area contributed by atoms with Crippen molar-refractivity contribution in [2.75, 3.05) is 18.5 Å². The molecule has 1 fully saturated rings. The van der Waals surface area contributed by atoms with Crippen LogP contribution in [0.3, 0.4) is 0 Å². The van der Waals surface area contributed by atoms with Crippen molar-refractivity contribution >= 4 is 45.3 Å². The zero-order valence-corrected chi connectivity index (χ0v) is 24.0. The molecule has 1 aliphatic heterocycles. The lowest BCUT2D eigenvalue weighted by molar-refractivity contribution is -0.141. The molecule has 0 bridgehead atoms. The molecule has 2 amide bonds. The first-order valence-electron chi connectivity index (χ1n) is 12.3. The molecule has 1 N–H and O–H groups in total. The van der Waals surface area contributed by atoms with Crippen molar-refractivity contribution < 1.29 is 18.8 Å². The third-order valence-electron chi connectivity index (χ3n) is 6.48. The normalized spacial score (nSPS) is 17.7. The Bertz CT molecular complexity index is 1170. The fourth-order valence-corrected chi connectivity index (χ4v) is 4.80. The number of nitrogens with one attached hydrogen (secondary N) is 1. The molecule has 10 heteroatoms. The lowest BCUT2D eigenvalue weighted by atomic mass is 9.91. The first kappa shape index (κ1) is 28.8. The van der Waals surface area contributed by atoms with Gasteiger partial charge in [0, 0.05) is 28.4 Å². The van der Waals surface area contributed by atoms with Gasteiger partial charge in [-0.05, 0) is 48.9 Å². The van der Waals surface area contributed by atoms with Gasteiger partial charge in [0.1, 0.15) is 12.0 Å². The number of halogens is 1. The number of carbonyl (C=O) groups excluding carboxylic acids is 2. The average molecular weight is 590 g/mol. The van der Waals surface area contributed by atoms with Crippen molar-refractivity contribution in [3.05, 3.63) is 52.8 Å². The summed E-state index contributed by atoms with van der Waals surface area (Å²) in [5, 5.41) is 16.7. The fraction of sp³-hybridized carbons (Fsp3) is 0.481. The molecule has 2 aromatic rings. The molecular formula is C27H33BrN4O4S. The van der Waals surface area contributed by atoms with E-state index in [4.69, 9.17) is 14.5 Å². The summed E-state index contributed by atoms with van der Waals surface area (Å²) in [6, 6.07) is 10.5. The SMILES string of the molecule is C/C(C#N)=C(/S)c1ccc([C@H](C)NC(=O)[C@@H]2CCCN2C(=O)C(c2cc(OCCBr)no2)C(C)C)cc1. The number of hydrogen-bond acceptors (Lipinski definition) is 7. The molecule has 0 aliphatic carbocycles. The number of nitriles is 1. The summed E-state index contributed by atoms with van der Waals surface area (Å²) >= 11 is 7.73. The van der Waals surface area contributed by atoms with Gasteiger partial charge in [-0.3, -0.25) is 9.59 Å². The van der Waals surface area contributed by atoms with Crippen LogP contribution in [-0.4, -0.2) is 46.4 Å². The van der Waals surface area contributed by atoms with Gasteiger partial charge in [0.05, 0.1) is 18.7 Å². The molecule has 1 saturated heterocycles. The van der Waals surface area contributed by atoms with E-state index in [0.29, 0.717) is 47.0 Å². The van der Waals surface area contributed by atoms with Crippen LogP contribution in [0.25, 0.3) is 4.91 Å². The molecule has 0 radical (unpaired) electrons. The van der Waals surface area contributed by atoms with Gasteiger partial charge in [0.2, 0.25) is 11.8 Å². The van der Waals surface area contributed by atoms with Gasteiger partial charge in [0.15, 0.2) is 5.76 Å². The van der Waals surface area contributed by atoms with Crippen LogP contribution in [0.5, 0.6) is 5.88 Å². The number of allylic oxidation sites excluding steroid dienone is 1. The van der Waals surface area contributed by atoms with E-state index in [0.717, 1.165) is 17.5 Å². The van der Waals surface area contributed by atoms with Gasteiger partial charge in [-0.25, -0.2) is 0 Å². The summed E-state index contributed by atoms with van der Waals surface area (Å²) in [6.45, 7) is 8.48. The van der Waals surface area contributed by atoms with Crippen molar-refractivity contribution in [3.8, 4) is 11.9 Å². The smallest absolute Gasteiger partial charge is 0.254 e. The number of hydrogen-bond donors (Lipinski definition) is 2. The van der Waals surface area contributed by atoms with E-state index in [-0.39, 0.29) is 23.8 Å². The molecule has 0 spiro atoms. The maximum absolute atomic E-state index is 13.6. The quantitative estimate of drug-likeness (QED) is 0.223. The fourth-order valence-electron chi connectivity index (χ4n) is 4.44. The van der Waals surface area contributed by atoms with E-state index in [1.165, 1.54) is 0 Å². The maximum Gasteiger partial charge on any atom is 0.254 e. The third-order valence-corrected chi connectivity index (χ3v) is 7.39. The molecular weight excluding hydrogens is 556 g/mol. The molecule has 2 heterocycles. The molecule has 8 nitrogen and oxygen atoms in total. The van der Waals surface area contributed by atoms with E-state index < -0.39 is 12.0 Å². The van der Waals surface area contributed by atoms with E-state index >= 15 is 0 Å². The van der Waals surface area contributed by atoms with Crippen LogP contribution < -0.4 is 10.1 Å². The standard InChI is InChI=1S/C27H33BrN4O4S/c1-16(2)24(22-14-23(31-36-22)35-13-11-28)27(34)32-12-5-6-21(32)26(33)30-18(4)19-7-9-20(10-8-19)25(37)17(3)15-29/h7-10,14,16,18,21,24,37H,5-6,11-13H2,1-4H3,(H,30,33)/b25-17-/t18-,21-,24?/m0/s1. The second-order valence-corrected chi connectivity index (χ2v) is 10.7. The van der Waals surface area contributed by atoms with Crippen molar-refractivity contribution in [2.45, 2.75) is 58.5 Å². The molecule has 1 aliphatic rings. The predicted octanol–water partition coefficient (Wildman–Crippen LogP) is 5.24. The third kappa shape index (κ3) is 6.96. The molecule has 198 valence electrons. The van der Waals surface area contributed by atoms with E-state index in [1.807, 2.05) is 45.0 Å². The highest BCUT2D eigenvalue weighted by Crippen LogP contribution is 2.32. The Morgan fingerprint density at radius 2 is 2.03 bits per heavy atom. The number of thiol groups is 1. The first-order valence-corrected chi connectivity index (χ1v) is 13.9. The summed E-state index contributed by atoms with van der Waals surface area (Å²) < 4.78 is 11.0. The Morgan fingerprint density at radius 3 is 2.65 bits per heavy atom. The van der Waals surface area contributed by atoms with E-state index in [1.54, 1.807) is 17.9 Å². The summed E-state index contributed by atoms with van der Waals surface area (Å²) in [5.41, 5.74) is 2.29. The Hall–Kier alpha value is -2.77. The van der Waals surface area contributed by atoms with Crippen LogP contribution in [0, 0.1) is 17.2 Å². The number of rotatable bonds is 10. The predicted molar refractivity (Wildman–Crippen MR) is 148 cm³/mol. The lowest BCUT2D eigenvalue weighted by Gasteiger charge is -2.29. The largest absolute Gasteiger partial charge is 0.475 e. The Balaban J connectivity index is 1.70. The van der Waals surface area contributed by atoms with Gasteiger partial charge in [-0.1, -0.05) is 54.0 Å². The number of alkyl halides is 1. The van der Waals surface area contributed by atoms with Crippen molar-refractivity contribution in [1.29, 1.82) is 5.26 Å². The van der Waals surface area contributed by atoms with Crippen LogP contribution in [0.2, 0.25) is 0 Å². The molecule has 37 heavy (non-hydrogen) atoms. The van der Waals surface area contributed by atoms with Crippen LogP contribution in [0.1, 0.15) is 69.4 Å². The number of carbonyl (C=O) groups is 2. The Kier molecular flexibility index (Phi) is 10.2. The summed E-state index contributed by atoms with van der Waals surface area (Å²) in [6.07, 6.45) is 1.36. The molecule has 3 rings (SSSR count). The highest BCUT2D eigenvalue weighted by molar-refractivity contribution is 9.09. The van der Waals surface area contributed by atoms with Gasteiger partial charge in [-0.15, -0.1) is 12.6 Å². The topological polar surface area (TPSA) is 108 Å². The second kappa shape index (κ2) is 13.2. The Morgan fingerprint density at radius 1 is 1.32 bits per heavy atom. The van der Waals surface area contributed by atoms with Crippen molar-refractivity contribution in [2.24, 2.45) is 5.92 Å². The Labute approximate surface area is 231 Å². The van der Waals surface area contributed by atoms with Crippen molar-refractivity contribution in [1.82, 2.24) is 15.4 Å². The highest BCUT2D eigenvalue weighted by atomic mass is 79.9. The van der Waals surface area contributed by atoms with Gasteiger partial charge < -0.3 is 19.5 Å². The summed E-state index contributed by atoms with van der Waals surface area (Å²) in [4.78, 5) is 29.2. The summed E-state index contributed by atoms with van der Waals surface area (Å²) in [5.74, 6) is -0.165. The molecule has 1 aromatic heterocycles. The summed E-state index contributed by atoms with van der Waals surface area (Å²) in [7, 11) is 0.